The topological polar surface area (TPSA) is 78.5 Å². The van der Waals surface area contributed by atoms with E-state index < -0.39 is 0 Å². The molecule has 1 atom stereocenters. The van der Waals surface area contributed by atoms with Crippen molar-refractivity contribution in [2.45, 2.75) is 52.5 Å². The van der Waals surface area contributed by atoms with Gasteiger partial charge >= 0.3 is 0 Å². The molecule has 0 aliphatic heterocycles. The summed E-state index contributed by atoms with van der Waals surface area (Å²) in [7, 11) is 0. The third kappa shape index (κ3) is 3.09. The maximum absolute atomic E-state index is 4.62. The largest absolute Gasteiger partial charge is 0.365 e. The molecule has 0 spiro atoms. The molecule has 1 saturated carbocycles. The van der Waals surface area contributed by atoms with E-state index in [-0.39, 0.29) is 0 Å². The molecule has 21 heavy (non-hydrogen) atoms. The van der Waals surface area contributed by atoms with Gasteiger partial charge in [-0.05, 0) is 31.1 Å². The van der Waals surface area contributed by atoms with E-state index in [2.05, 4.69) is 51.3 Å². The SMILES string of the molecule is CCCNc1nc(NC2CCC(C)(C)C2)c2[nH]cnc2n1. The second-order valence-electron chi connectivity index (χ2n) is 6.67. The minimum Gasteiger partial charge on any atom is -0.365 e. The fourth-order valence-electron chi connectivity index (χ4n) is 3.01. The van der Waals surface area contributed by atoms with E-state index in [4.69, 9.17) is 0 Å². The van der Waals surface area contributed by atoms with Crippen LogP contribution in [0.5, 0.6) is 0 Å². The van der Waals surface area contributed by atoms with Crippen molar-refractivity contribution < 1.29 is 0 Å². The van der Waals surface area contributed by atoms with E-state index in [1.165, 1.54) is 19.3 Å². The molecule has 1 aliphatic rings. The molecule has 0 amide bonds. The van der Waals surface area contributed by atoms with Gasteiger partial charge in [0.2, 0.25) is 5.95 Å². The van der Waals surface area contributed by atoms with Crippen LogP contribution in [0.25, 0.3) is 11.2 Å². The first-order chi connectivity index (χ1) is 10.1. The normalized spacial score (nSPS) is 20.8. The van der Waals surface area contributed by atoms with Gasteiger partial charge in [0.05, 0.1) is 6.33 Å². The van der Waals surface area contributed by atoms with Crippen molar-refractivity contribution in [3.05, 3.63) is 6.33 Å². The van der Waals surface area contributed by atoms with Gasteiger partial charge in [-0.25, -0.2) is 4.98 Å². The van der Waals surface area contributed by atoms with Gasteiger partial charge in [-0.1, -0.05) is 20.8 Å². The van der Waals surface area contributed by atoms with E-state index in [1.807, 2.05) is 0 Å². The van der Waals surface area contributed by atoms with Gasteiger partial charge in [-0.2, -0.15) is 9.97 Å². The Morgan fingerprint density at radius 2 is 2.24 bits per heavy atom. The first kappa shape index (κ1) is 14.1. The minimum absolute atomic E-state index is 0.418. The predicted molar refractivity (Wildman–Crippen MR) is 85.5 cm³/mol. The lowest BCUT2D eigenvalue weighted by Gasteiger charge is -2.18. The molecule has 1 unspecified atom stereocenters. The van der Waals surface area contributed by atoms with Crippen LogP contribution in [0.2, 0.25) is 0 Å². The predicted octanol–water partition coefficient (Wildman–Crippen LogP) is 3.17. The molecular formula is C15H24N6. The second kappa shape index (κ2) is 5.50. The molecule has 0 radical (unpaired) electrons. The highest BCUT2D eigenvalue weighted by Crippen LogP contribution is 2.38. The summed E-state index contributed by atoms with van der Waals surface area (Å²) in [6, 6.07) is 0.473. The van der Waals surface area contributed by atoms with Crippen LogP contribution in [-0.4, -0.2) is 32.5 Å². The highest BCUT2D eigenvalue weighted by molar-refractivity contribution is 5.83. The third-order valence-electron chi connectivity index (χ3n) is 4.13. The van der Waals surface area contributed by atoms with E-state index in [0.717, 1.165) is 24.3 Å². The summed E-state index contributed by atoms with van der Waals surface area (Å²) in [5.74, 6) is 1.51. The zero-order chi connectivity index (χ0) is 14.9. The Labute approximate surface area is 125 Å². The van der Waals surface area contributed by atoms with Crippen LogP contribution in [0.4, 0.5) is 11.8 Å². The minimum atomic E-state index is 0.418. The summed E-state index contributed by atoms with van der Waals surface area (Å²) in [5, 5.41) is 6.82. The molecule has 114 valence electrons. The van der Waals surface area contributed by atoms with E-state index in [0.29, 0.717) is 23.1 Å². The summed E-state index contributed by atoms with van der Waals surface area (Å²) in [6.45, 7) is 7.65. The van der Waals surface area contributed by atoms with Gasteiger partial charge in [-0.3, -0.25) is 0 Å². The Morgan fingerprint density at radius 3 is 2.95 bits per heavy atom. The lowest BCUT2D eigenvalue weighted by Crippen LogP contribution is -2.19. The number of aromatic nitrogens is 4. The number of hydrogen-bond acceptors (Lipinski definition) is 5. The number of fused-ring (bicyclic) bond motifs is 1. The number of imidazole rings is 1. The van der Waals surface area contributed by atoms with Crippen molar-refractivity contribution >= 4 is 22.9 Å². The lowest BCUT2D eigenvalue weighted by atomic mass is 9.92. The van der Waals surface area contributed by atoms with Crippen LogP contribution < -0.4 is 10.6 Å². The van der Waals surface area contributed by atoms with Crippen molar-refractivity contribution in [1.82, 2.24) is 19.9 Å². The molecule has 0 saturated heterocycles. The molecule has 2 aromatic heterocycles. The van der Waals surface area contributed by atoms with Gasteiger partial charge in [-0.15, -0.1) is 0 Å². The van der Waals surface area contributed by atoms with Crippen molar-refractivity contribution in [2.24, 2.45) is 5.41 Å². The first-order valence-electron chi connectivity index (χ1n) is 7.79. The summed E-state index contributed by atoms with van der Waals surface area (Å²) >= 11 is 0. The molecule has 6 heteroatoms. The zero-order valence-electron chi connectivity index (χ0n) is 13.0. The molecule has 3 N–H and O–H groups in total. The van der Waals surface area contributed by atoms with Crippen molar-refractivity contribution in [3.8, 4) is 0 Å². The van der Waals surface area contributed by atoms with Crippen molar-refractivity contribution in [2.75, 3.05) is 17.2 Å². The molecule has 3 rings (SSSR count). The molecule has 1 fully saturated rings. The fourth-order valence-corrected chi connectivity index (χ4v) is 3.01. The number of rotatable bonds is 5. The smallest absolute Gasteiger partial charge is 0.226 e. The van der Waals surface area contributed by atoms with E-state index in [1.54, 1.807) is 6.33 Å². The van der Waals surface area contributed by atoms with Crippen LogP contribution >= 0.6 is 0 Å². The first-order valence-corrected chi connectivity index (χ1v) is 7.79. The van der Waals surface area contributed by atoms with Crippen LogP contribution in [0.15, 0.2) is 6.33 Å². The van der Waals surface area contributed by atoms with E-state index in [9.17, 15) is 0 Å². The highest BCUT2D eigenvalue weighted by Gasteiger charge is 2.31. The van der Waals surface area contributed by atoms with Crippen molar-refractivity contribution in [1.29, 1.82) is 0 Å². The van der Waals surface area contributed by atoms with Gasteiger partial charge in [0, 0.05) is 12.6 Å². The zero-order valence-corrected chi connectivity index (χ0v) is 13.0. The average Bonchev–Trinajstić information content (AvgIpc) is 3.03. The number of nitrogens with one attached hydrogen (secondary N) is 3. The van der Waals surface area contributed by atoms with Gasteiger partial charge in [0.25, 0.3) is 0 Å². The highest BCUT2D eigenvalue weighted by atomic mass is 15.2. The molecule has 2 heterocycles. The Balaban J connectivity index is 1.84. The Bertz CT molecular complexity index is 618. The van der Waals surface area contributed by atoms with Crippen LogP contribution in [0.3, 0.4) is 0 Å². The summed E-state index contributed by atoms with van der Waals surface area (Å²) in [6.07, 6.45) is 6.33. The van der Waals surface area contributed by atoms with Crippen LogP contribution in [0, 0.1) is 5.41 Å². The van der Waals surface area contributed by atoms with Gasteiger partial charge in [0.1, 0.15) is 5.52 Å². The molecule has 6 nitrogen and oxygen atoms in total. The average molecular weight is 288 g/mol. The van der Waals surface area contributed by atoms with E-state index >= 15 is 0 Å². The fraction of sp³-hybridized carbons (Fsp3) is 0.667. The Hall–Kier alpha value is -1.85. The van der Waals surface area contributed by atoms with Crippen LogP contribution in [0.1, 0.15) is 46.5 Å². The molecule has 0 bridgehead atoms. The third-order valence-corrected chi connectivity index (χ3v) is 4.13. The number of hydrogen-bond donors (Lipinski definition) is 3. The maximum atomic E-state index is 4.62. The summed E-state index contributed by atoms with van der Waals surface area (Å²) in [4.78, 5) is 16.5. The molecule has 0 aromatic carbocycles. The summed E-state index contributed by atoms with van der Waals surface area (Å²) in [5.41, 5.74) is 2.02. The Kier molecular flexibility index (Phi) is 3.69. The number of H-pyrrole nitrogens is 1. The molecular weight excluding hydrogens is 264 g/mol. The van der Waals surface area contributed by atoms with Crippen molar-refractivity contribution in [3.63, 3.8) is 0 Å². The quantitative estimate of drug-likeness (QED) is 0.787. The molecule has 1 aliphatic carbocycles. The maximum Gasteiger partial charge on any atom is 0.226 e. The number of aromatic amines is 1. The second-order valence-corrected chi connectivity index (χ2v) is 6.67. The van der Waals surface area contributed by atoms with Crippen LogP contribution in [-0.2, 0) is 0 Å². The number of anilines is 2. The van der Waals surface area contributed by atoms with Gasteiger partial charge < -0.3 is 15.6 Å². The standard InChI is InChI=1S/C15H24N6/c1-4-7-16-14-20-12-11(17-9-18-12)13(21-14)19-10-5-6-15(2,3)8-10/h9-10H,4-8H2,1-3H3,(H3,16,17,18,19,20,21). The molecule has 2 aromatic rings. The Morgan fingerprint density at radius 1 is 1.38 bits per heavy atom. The summed E-state index contributed by atoms with van der Waals surface area (Å²) < 4.78 is 0. The van der Waals surface area contributed by atoms with Gasteiger partial charge in [0.15, 0.2) is 11.5 Å². The monoisotopic (exact) mass is 288 g/mol. The lowest BCUT2D eigenvalue weighted by molar-refractivity contribution is 0.378. The number of nitrogens with zero attached hydrogens (tertiary/aromatic N) is 3.